The number of fused-ring (bicyclic) bond motifs is 2. The first-order chi connectivity index (χ1) is 13.0. The summed E-state index contributed by atoms with van der Waals surface area (Å²) in [4.78, 5) is 17.4. The van der Waals surface area contributed by atoms with Gasteiger partial charge in [-0.2, -0.15) is 0 Å². The second kappa shape index (κ2) is 7.44. The minimum atomic E-state index is -0.272. The molecule has 0 bridgehead atoms. The van der Waals surface area contributed by atoms with Gasteiger partial charge in [-0.15, -0.1) is 0 Å². The molecular weight excluding hydrogens is 382 g/mol. The fraction of sp³-hybridized carbons (Fsp3) is 0.300. The quantitative estimate of drug-likeness (QED) is 0.660. The predicted molar refractivity (Wildman–Crippen MR) is 108 cm³/mol. The standard InChI is InChI=1S/C20H20ClN3O2S/c1-12(27-20-23-16-11-13(21)7-8-17(16)24(20)2)19(25)22-15-9-10-26-18-6-4-3-5-14(15)18/h3-8,11-12,15H,9-10H2,1-2H3,(H,22,25). The molecule has 5 nitrogen and oxygen atoms in total. The summed E-state index contributed by atoms with van der Waals surface area (Å²) in [7, 11) is 1.95. The number of benzene rings is 2. The van der Waals surface area contributed by atoms with E-state index in [0.29, 0.717) is 11.6 Å². The SMILES string of the molecule is CC(Sc1nc2cc(Cl)ccc2n1C)C(=O)NC1CCOc2ccccc21. The fourth-order valence-corrected chi connectivity index (χ4v) is 4.31. The highest BCUT2D eigenvalue weighted by Gasteiger charge is 2.26. The largest absolute Gasteiger partial charge is 0.493 e. The van der Waals surface area contributed by atoms with Crippen LogP contribution >= 0.6 is 23.4 Å². The van der Waals surface area contributed by atoms with Crippen molar-refractivity contribution in [3.8, 4) is 5.75 Å². The minimum absolute atomic E-state index is 0.00760. The van der Waals surface area contributed by atoms with Gasteiger partial charge in [-0.1, -0.05) is 41.6 Å². The predicted octanol–water partition coefficient (Wildman–Crippen LogP) is 4.35. The third-order valence-electron chi connectivity index (χ3n) is 4.73. The van der Waals surface area contributed by atoms with Gasteiger partial charge in [0.2, 0.25) is 5.91 Å². The number of nitrogens with zero attached hydrogens (tertiary/aromatic N) is 2. The number of carbonyl (C=O) groups excluding carboxylic acids is 1. The Morgan fingerprint density at radius 1 is 1.37 bits per heavy atom. The molecular formula is C20H20ClN3O2S. The molecule has 1 amide bonds. The molecule has 0 fully saturated rings. The van der Waals surface area contributed by atoms with Gasteiger partial charge in [0, 0.05) is 24.1 Å². The van der Waals surface area contributed by atoms with Gasteiger partial charge in [0.15, 0.2) is 5.16 Å². The van der Waals surface area contributed by atoms with Gasteiger partial charge in [0.05, 0.1) is 28.9 Å². The lowest BCUT2D eigenvalue weighted by molar-refractivity contribution is -0.121. The number of aromatic nitrogens is 2. The third-order valence-corrected chi connectivity index (χ3v) is 6.11. The number of carbonyl (C=O) groups is 1. The van der Waals surface area contributed by atoms with E-state index in [1.165, 1.54) is 11.8 Å². The Balaban J connectivity index is 1.48. The van der Waals surface area contributed by atoms with Crippen LogP contribution in [0.3, 0.4) is 0 Å². The first kappa shape index (κ1) is 18.2. The van der Waals surface area contributed by atoms with Gasteiger partial charge in [-0.25, -0.2) is 4.98 Å². The van der Waals surface area contributed by atoms with Crippen LogP contribution < -0.4 is 10.1 Å². The normalized spacial score (nSPS) is 17.2. The highest BCUT2D eigenvalue weighted by molar-refractivity contribution is 8.00. The molecule has 140 valence electrons. The van der Waals surface area contributed by atoms with Crippen LogP contribution in [0.4, 0.5) is 0 Å². The van der Waals surface area contributed by atoms with Crippen molar-refractivity contribution in [3.63, 3.8) is 0 Å². The van der Waals surface area contributed by atoms with E-state index < -0.39 is 0 Å². The number of rotatable bonds is 4. The number of ether oxygens (including phenoxy) is 1. The number of imidazole rings is 1. The molecule has 2 unspecified atom stereocenters. The monoisotopic (exact) mass is 401 g/mol. The van der Waals surface area contributed by atoms with E-state index in [4.69, 9.17) is 16.3 Å². The van der Waals surface area contributed by atoms with E-state index in [1.54, 1.807) is 0 Å². The highest BCUT2D eigenvalue weighted by Crippen LogP contribution is 2.33. The summed E-state index contributed by atoms with van der Waals surface area (Å²) in [6, 6.07) is 13.5. The van der Waals surface area contributed by atoms with E-state index in [-0.39, 0.29) is 17.2 Å². The fourth-order valence-electron chi connectivity index (χ4n) is 3.25. The number of para-hydroxylation sites is 1. The maximum atomic E-state index is 12.8. The third kappa shape index (κ3) is 3.64. The summed E-state index contributed by atoms with van der Waals surface area (Å²) in [5.74, 6) is 0.841. The van der Waals surface area contributed by atoms with Crippen LogP contribution in [0.2, 0.25) is 5.02 Å². The summed E-state index contributed by atoms with van der Waals surface area (Å²) in [5.41, 5.74) is 2.86. The summed E-state index contributed by atoms with van der Waals surface area (Å²) in [6.07, 6.45) is 0.769. The van der Waals surface area contributed by atoms with Crippen molar-refractivity contribution in [1.82, 2.24) is 14.9 Å². The second-order valence-corrected chi connectivity index (χ2v) is 8.33. The number of aryl methyl sites for hydroxylation is 1. The first-order valence-corrected chi connectivity index (χ1v) is 10.1. The Bertz CT molecular complexity index is 1000. The van der Waals surface area contributed by atoms with Crippen molar-refractivity contribution < 1.29 is 9.53 Å². The molecule has 2 aromatic carbocycles. The zero-order valence-electron chi connectivity index (χ0n) is 15.1. The van der Waals surface area contributed by atoms with Crippen molar-refractivity contribution in [2.45, 2.75) is 29.8 Å². The summed E-state index contributed by atoms with van der Waals surface area (Å²) in [6.45, 7) is 2.51. The minimum Gasteiger partial charge on any atom is -0.493 e. The molecule has 2 heterocycles. The zero-order valence-corrected chi connectivity index (χ0v) is 16.7. The van der Waals surface area contributed by atoms with Crippen molar-refractivity contribution in [2.24, 2.45) is 7.05 Å². The molecule has 4 rings (SSSR count). The lowest BCUT2D eigenvalue weighted by Gasteiger charge is -2.27. The van der Waals surface area contributed by atoms with E-state index in [0.717, 1.165) is 33.9 Å². The Kier molecular flexibility index (Phi) is 5.02. The van der Waals surface area contributed by atoms with Gasteiger partial charge >= 0.3 is 0 Å². The number of halogens is 1. The molecule has 1 aliphatic rings. The molecule has 2 atom stereocenters. The lowest BCUT2D eigenvalue weighted by Crippen LogP contribution is -2.36. The molecule has 0 saturated heterocycles. The molecule has 1 N–H and O–H groups in total. The van der Waals surface area contributed by atoms with E-state index in [1.807, 2.05) is 61.0 Å². The first-order valence-electron chi connectivity index (χ1n) is 8.83. The maximum absolute atomic E-state index is 12.8. The molecule has 0 saturated carbocycles. The summed E-state index contributed by atoms with van der Waals surface area (Å²) >= 11 is 7.50. The van der Waals surface area contributed by atoms with Gasteiger partial charge in [-0.3, -0.25) is 4.79 Å². The number of nitrogens with one attached hydrogen (secondary N) is 1. The number of amides is 1. The Morgan fingerprint density at radius 2 is 2.19 bits per heavy atom. The number of thioether (sulfide) groups is 1. The maximum Gasteiger partial charge on any atom is 0.233 e. The second-order valence-electron chi connectivity index (χ2n) is 6.58. The molecule has 1 aliphatic heterocycles. The number of hydrogen-bond acceptors (Lipinski definition) is 4. The van der Waals surface area contributed by atoms with Gasteiger partial charge in [-0.05, 0) is 31.2 Å². The van der Waals surface area contributed by atoms with Gasteiger partial charge in [0.1, 0.15) is 5.75 Å². The van der Waals surface area contributed by atoms with E-state index in [2.05, 4.69) is 10.3 Å². The molecule has 7 heteroatoms. The van der Waals surface area contributed by atoms with Crippen LogP contribution in [-0.4, -0.2) is 27.3 Å². The van der Waals surface area contributed by atoms with Crippen LogP contribution in [0.5, 0.6) is 5.75 Å². The summed E-state index contributed by atoms with van der Waals surface area (Å²) in [5, 5.41) is 4.33. The van der Waals surface area contributed by atoms with Crippen molar-refractivity contribution in [3.05, 3.63) is 53.1 Å². The molecule has 0 spiro atoms. The van der Waals surface area contributed by atoms with Crippen LogP contribution in [0.15, 0.2) is 47.6 Å². The Labute approximate surface area is 167 Å². The van der Waals surface area contributed by atoms with Gasteiger partial charge in [0.25, 0.3) is 0 Å². The van der Waals surface area contributed by atoms with Crippen LogP contribution in [0.25, 0.3) is 11.0 Å². The van der Waals surface area contributed by atoms with Crippen molar-refractivity contribution >= 4 is 40.3 Å². The van der Waals surface area contributed by atoms with Gasteiger partial charge < -0.3 is 14.6 Å². The zero-order chi connectivity index (χ0) is 19.0. The average Bonchev–Trinajstić information content (AvgIpc) is 2.96. The molecule has 0 radical (unpaired) electrons. The number of hydrogen-bond donors (Lipinski definition) is 1. The van der Waals surface area contributed by atoms with E-state index in [9.17, 15) is 4.79 Å². The topological polar surface area (TPSA) is 56.2 Å². The smallest absolute Gasteiger partial charge is 0.233 e. The lowest BCUT2D eigenvalue weighted by atomic mass is 10.0. The Morgan fingerprint density at radius 3 is 3.04 bits per heavy atom. The molecule has 3 aromatic rings. The molecule has 0 aliphatic carbocycles. The van der Waals surface area contributed by atoms with Crippen LogP contribution in [-0.2, 0) is 11.8 Å². The van der Waals surface area contributed by atoms with Crippen molar-refractivity contribution in [2.75, 3.05) is 6.61 Å². The summed E-state index contributed by atoms with van der Waals surface area (Å²) < 4.78 is 7.66. The van der Waals surface area contributed by atoms with E-state index >= 15 is 0 Å². The average molecular weight is 402 g/mol. The molecule has 1 aromatic heterocycles. The Hall–Kier alpha value is -2.18. The molecule has 27 heavy (non-hydrogen) atoms. The van der Waals surface area contributed by atoms with Crippen LogP contribution in [0, 0.1) is 0 Å². The van der Waals surface area contributed by atoms with Crippen LogP contribution in [0.1, 0.15) is 24.9 Å². The van der Waals surface area contributed by atoms with Crippen molar-refractivity contribution in [1.29, 1.82) is 0 Å². The highest BCUT2D eigenvalue weighted by atomic mass is 35.5.